The molecule has 4 nitrogen and oxygen atoms in total. The minimum Gasteiger partial charge on any atom is -0.339 e. The van der Waals surface area contributed by atoms with Crippen molar-refractivity contribution in [2.45, 2.75) is 20.3 Å². The fraction of sp³-hybridized carbons (Fsp3) is 0.500. The third-order valence-electron chi connectivity index (χ3n) is 3.61. The standard InChI is InChI=1S/C16H21ClN2O2/c1-12(2)11-15(20)18-7-9-19(10-8-18)16(21)13-5-3-4-6-14(13)17/h3-6,12H,7-11H2,1-2H3. The summed E-state index contributed by atoms with van der Waals surface area (Å²) in [6, 6.07) is 7.07. The predicted molar refractivity (Wildman–Crippen MR) is 83.4 cm³/mol. The minimum atomic E-state index is -0.0587. The van der Waals surface area contributed by atoms with Crippen molar-refractivity contribution in [3.63, 3.8) is 0 Å². The van der Waals surface area contributed by atoms with Gasteiger partial charge in [-0.3, -0.25) is 9.59 Å². The van der Waals surface area contributed by atoms with Crippen LogP contribution in [0.4, 0.5) is 0 Å². The first-order valence-electron chi connectivity index (χ1n) is 7.30. The largest absolute Gasteiger partial charge is 0.339 e. The quantitative estimate of drug-likeness (QED) is 0.861. The lowest BCUT2D eigenvalue weighted by Gasteiger charge is -2.35. The van der Waals surface area contributed by atoms with Crippen LogP contribution in [0.2, 0.25) is 5.02 Å². The molecule has 2 rings (SSSR count). The van der Waals surface area contributed by atoms with E-state index in [1.54, 1.807) is 17.0 Å². The number of benzene rings is 1. The number of carbonyl (C=O) groups is 2. The van der Waals surface area contributed by atoms with Gasteiger partial charge in [-0.2, -0.15) is 0 Å². The van der Waals surface area contributed by atoms with Gasteiger partial charge in [0.05, 0.1) is 10.6 Å². The van der Waals surface area contributed by atoms with Gasteiger partial charge < -0.3 is 9.80 Å². The number of amides is 2. The van der Waals surface area contributed by atoms with Gasteiger partial charge >= 0.3 is 0 Å². The van der Waals surface area contributed by atoms with Crippen LogP contribution in [0.5, 0.6) is 0 Å². The molecule has 114 valence electrons. The fourth-order valence-electron chi connectivity index (χ4n) is 2.44. The van der Waals surface area contributed by atoms with E-state index in [-0.39, 0.29) is 11.8 Å². The Kier molecular flexibility index (Phi) is 5.23. The molecule has 0 aliphatic carbocycles. The Labute approximate surface area is 130 Å². The summed E-state index contributed by atoms with van der Waals surface area (Å²) in [5.74, 6) is 0.478. The highest BCUT2D eigenvalue weighted by molar-refractivity contribution is 6.33. The molecule has 1 aromatic rings. The Morgan fingerprint density at radius 2 is 1.67 bits per heavy atom. The second-order valence-electron chi connectivity index (χ2n) is 5.75. The lowest BCUT2D eigenvalue weighted by Crippen LogP contribution is -2.50. The third kappa shape index (κ3) is 3.97. The van der Waals surface area contributed by atoms with Crippen LogP contribution in [0.25, 0.3) is 0 Å². The first kappa shape index (κ1) is 15.8. The van der Waals surface area contributed by atoms with E-state index < -0.39 is 0 Å². The maximum absolute atomic E-state index is 12.4. The molecule has 0 bridgehead atoms. The van der Waals surface area contributed by atoms with Gasteiger partial charge in [-0.25, -0.2) is 0 Å². The molecule has 0 unspecified atom stereocenters. The normalized spacial score (nSPS) is 15.4. The lowest BCUT2D eigenvalue weighted by molar-refractivity contribution is -0.133. The van der Waals surface area contributed by atoms with E-state index in [4.69, 9.17) is 11.6 Å². The number of hydrogen-bond acceptors (Lipinski definition) is 2. The summed E-state index contributed by atoms with van der Waals surface area (Å²) in [6.07, 6.45) is 0.568. The lowest BCUT2D eigenvalue weighted by atomic mass is 10.1. The zero-order valence-electron chi connectivity index (χ0n) is 12.5. The SMILES string of the molecule is CC(C)CC(=O)N1CCN(C(=O)c2ccccc2Cl)CC1. The summed E-state index contributed by atoms with van der Waals surface area (Å²) in [4.78, 5) is 28.0. The molecule has 21 heavy (non-hydrogen) atoms. The number of rotatable bonds is 3. The van der Waals surface area contributed by atoms with E-state index in [1.807, 2.05) is 30.9 Å². The van der Waals surface area contributed by atoms with E-state index in [1.165, 1.54) is 0 Å². The van der Waals surface area contributed by atoms with Crippen LogP contribution in [0.3, 0.4) is 0 Å². The molecule has 5 heteroatoms. The fourth-order valence-corrected chi connectivity index (χ4v) is 2.66. The first-order valence-corrected chi connectivity index (χ1v) is 7.68. The molecule has 1 heterocycles. The van der Waals surface area contributed by atoms with Gasteiger partial charge in [-0.1, -0.05) is 37.6 Å². The van der Waals surface area contributed by atoms with Crippen molar-refractivity contribution in [1.82, 2.24) is 9.80 Å². The maximum atomic E-state index is 12.4. The molecule has 0 spiro atoms. The Hall–Kier alpha value is -1.55. The van der Waals surface area contributed by atoms with Crippen LogP contribution >= 0.6 is 11.6 Å². The monoisotopic (exact) mass is 308 g/mol. The minimum absolute atomic E-state index is 0.0587. The summed E-state index contributed by atoms with van der Waals surface area (Å²) in [6.45, 7) is 6.40. The van der Waals surface area contributed by atoms with Gasteiger partial charge in [0.25, 0.3) is 5.91 Å². The van der Waals surface area contributed by atoms with Crippen molar-refractivity contribution in [2.75, 3.05) is 26.2 Å². The maximum Gasteiger partial charge on any atom is 0.255 e. The highest BCUT2D eigenvalue weighted by Crippen LogP contribution is 2.18. The third-order valence-corrected chi connectivity index (χ3v) is 3.94. The van der Waals surface area contributed by atoms with Gasteiger partial charge in [0.2, 0.25) is 5.91 Å². The predicted octanol–water partition coefficient (Wildman–Crippen LogP) is 2.67. The number of hydrogen-bond donors (Lipinski definition) is 0. The van der Waals surface area contributed by atoms with Crippen LogP contribution in [-0.2, 0) is 4.79 Å². The molecule has 0 aromatic heterocycles. The van der Waals surface area contributed by atoms with Gasteiger partial charge in [-0.05, 0) is 18.1 Å². The van der Waals surface area contributed by atoms with Crippen molar-refractivity contribution in [1.29, 1.82) is 0 Å². The van der Waals surface area contributed by atoms with Crippen molar-refractivity contribution < 1.29 is 9.59 Å². The Morgan fingerprint density at radius 1 is 1.10 bits per heavy atom. The molecular weight excluding hydrogens is 288 g/mol. The molecule has 0 atom stereocenters. The molecule has 1 aromatic carbocycles. The Bertz CT molecular complexity index is 523. The first-order chi connectivity index (χ1) is 9.99. The molecular formula is C16H21ClN2O2. The summed E-state index contributed by atoms with van der Waals surface area (Å²) < 4.78 is 0. The molecule has 1 saturated heterocycles. The van der Waals surface area contributed by atoms with E-state index in [9.17, 15) is 9.59 Å². The van der Waals surface area contributed by atoms with Crippen LogP contribution < -0.4 is 0 Å². The van der Waals surface area contributed by atoms with Gasteiger partial charge in [0.1, 0.15) is 0 Å². The number of nitrogens with zero attached hydrogens (tertiary/aromatic N) is 2. The highest BCUT2D eigenvalue weighted by Gasteiger charge is 2.25. The molecule has 1 fully saturated rings. The van der Waals surface area contributed by atoms with E-state index in [2.05, 4.69) is 0 Å². The number of carbonyl (C=O) groups excluding carboxylic acids is 2. The average molecular weight is 309 g/mol. The molecule has 0 saturated carbocycles. The van der Waals surface area contributed by atoms with Crippen molar-refractivity contribution in [2.24, 2.45) is 5.92 Å². The summed E-state index contributed by atoms with van der Waals surface area (Å²) >= 11 is 6.06. The topological polar surface area (TPSA) is 40.6 Å². The molecule has 1 aliphatic heterocycles. The summed E-state index contributed by atoms with van der Waals surface area (Å²) in [7, 11) is 0. The van der Waals surface area contributed by atoms with Gasteiger partial charge in [0.15, 0.2) is 0 Å². The van der Waals surface area contributed by atoms with E-state index in [0.29, 0.717) is 49.1 Å². The smallest absolute Gasteiger partial charge is 0.255 e. The zero-order valence-corrected chi connectivity index (χ0v) is 13.3. The van der Waals surface area contributed by atoms with Gasteiger partial charge in [-0.15, -0.1) is 0 Å². The van der Waals surface area contributed by atoms with Crippen LogP contribution in [-0.4, -0.2) is 47.8 Å². The average Bonchev–Trinajstić information content (AvgIpc) is 2.46. The number of halogens is 1. The van der Waals surface area contributed by atoms with E-state index in [0.717, 1.165) is 0 Å². The van der Waals surface area contributed by atoms with Crippen molar-refractivity contribution in [3.8, 4) is 0 Å². The summed E-state index contributed by atoms with van der Waals surface area (Å²) in [5.41, 5.74) is 0.529. The van der Waals surface area contributed by atoms with Crippen LogP contribution in [0, 0.1) is 5.92 Å². The molecule has 1 aliphatic rings. The zero-order chi connectivity index (χ0) is 15.4. The summed E-state index contributed by atoms with van der Waals surface area (Å²) in [5, 5.41) is 0.473. The Balaban J connectivity index is 1.94. The van der Waals surface area contributed by atoms with Crippen LogP contribution in [0.1, 0.15) is 30.6 Å². The number of piperazine rings is 1. The van der Waals surface area contributed by atoms with Crippen molar-refractivity contribution in [3.05, 3.63) is 34.9 Å². The molecule has 0 N–H and O–H groups in total. The second kappa shape index (κ2) is 6.94. The second-order valence-corrected chi connectivity index (χ2v) is 6.16. The van der Waals surface area contributed by atoms with Crippen LogP contribution in [0.15, 0.2) is 24.3 Å². The highest BCUT2D eigenvalue weighted by atomic mass is 35.5. The molecule has 2 amide bonds. The van der Waals surface area contributed by atoms with Gasteiger partial charge in [0, 0.05) is 32.6 Å². The van der Waals surface area contributed by atoms with E-state index >= 15 is 0 Å². The van der Waals surface area contributed by atoms with Crippen molar-refractivity contribution >= 4 is 23.4 Å². The Morgan fingerprint density at radius 3 is 2.24 bits per heavy atom. The molecule has 0 radical (unpaired) electrons.